The average Bonchev–Trinajstić information content (AvgIpc) is 3.61. The number of rotatable bonds is 5. The fourth-order valence-electron chi connectivity index (χ4n) is 8.38. The van der Waals surface area contributed by atoms with E-state index >= 15 is 0 Å². The zero-order valence-corrected chi connectivity index (χ0v) is 29.4. The van der Waals surface area contributed by atoms with E-state index in [4.69, 9.17) is 4.42 Å². The molecule has 252 valence electrons. The maximum Gasteiger partial charge on any atom is 0.136 e. The van der Waals surface area contributed by atoms with Crippen LogP contribution in [0.15, 0.2) is 205 Å². The zero-order valence-electron chi connectivity index (χ0n) is 29.4. The van der Waals surface area contributed by atoms with Gasteiger partial charge in [0, 0.05) is 27.5 Å². The van der Waals surface area contributed by atoms with Gasteiger partial charge in [-0.05, 0) is 115 Å². The summed E-state index contributed by atoms with van der Waals surface area (Å²) in [5, 5.41) is 12.0. The maximum absolute atomic E-state index is 6.24. The van der Waals surface area contributed by atoms with Crippen LogP contribution in [0.2, 0.25) is 0 Å². The fraction of sp³-hybridized carbons (Fsp3) is 0. The summed E-state index contributed by atoms with van der Waals surface area (Å²) in [7, 11) is 0. The van der Waals surface area contributed by atoms with Crippen molar-refractivity contribution in [2.24, 2.45) is 0 Å². The molecule has 0 atom stereocenters. The van der Waals surface area contributed by atoms with Gasteiger partial charge in [-0.25, -0.2) is 0 Å². The highest BCUT2D eigenvalue weighted by Crippen LogP contribution is 2.44. The molecule has 0 bridgehead atoms. The molecule has 0 aliphatic rings. The van der Waals surface area contributed by atoms with Crippen molar-refractivity contribution in [1.29, 1.82) is 0 Å². The van der Waals surface area contributed by atoms with Gasteiger partial charge in [-0.2, -0.15) is 0 Å². The monoisotopic (exact) mass is 687 g/mol. The first-order valence-corrected chi connectivity index (χ1v) is 18.5. The summed E-state index contributed by atoms with van der Waals surface area (Å²) in [6, 6.07) is 72.5. The summed E-state index contributed by atoms with van der Waals surface area (Å²) in [5.41, 5.74) is 10.0. The molecule has 0 saturated carbocycles. The van der Waals surface area contributed by atoms with Gasteiger partial charge in [-0.15, -0.1) is 0 Å². The van der Waals surface area contributed by atoms with Crippen LogP contribution in [-0.2, 0) is 0 Å². The van der Waals surface area contributed by atoms with Crippen LogP contribution in [0.25, 0.3) is 87.3 Å². The highest BCUT2D eigenvalue weighted by Gasteiger charge is 2.19. The molecule has 54 heavy (non-hydrogen) atoms. The third-order valence-corrected chi connectivity index (χ3v) is 11.0. The van der Waals surface area contributed by atoms with Gasteiger partial charge in [0.25, 0.3) is 0 Å². The lowest BCUT2D eigenvalue weighted by Crippen LogP contribution is -2.10. The number of anilines is 3. The normalized spacial score (nSPS) is 11.7. The topological polar surface area (TPSA) is 16.4 Å². The number of hydrogen-bond donors (Lipinski definition) is 0. The number of hydrogen-bond acceptors (Lipinski definition) is 2. The molecule has 1 aromatic heterocycles. The Morgan fingerprint density at radius 2 is 0.870 bits per heavy atom. The van der Waals surface area contributed by atoms with Crippen molar-refractivity contribution in [3.8, 4) is 22.3 Å². The van der Waals surface area contributed by atoms with Crippen LogP contribution < -0.4 is 4.90 Å². The van der Waals surface area contributed by atoms with Crippen LogP contribution in [0, 0.1) is 0 Å². The first-order valence-electron chi connectivity index (χ1n) is 18.5. The second kappa shape index (κ2) is 12.2. The molecule has 0 fully saturated rings. The van der Waals surface area contributed by atoms with E-state index in [-0.39, 0.29) is 0 Å². The van der Waals surface area contributed by atoms with E-state index in [2.05, 4.69) is 193 Å². The van der Waals surface area contributed by atoms with Crippen molar-refractivity contribution < 1.29 is 4.42 Å². The first-order chi connectivity index (χ1) is 26.7. The summed E-state index contributed by atoms with van der Waals surface area (Å²) in [6.45, 7) is 0. The Labute approximate surface area is 312 Å². The minimum absolute atomic E-state index is 0.919. The predicted molar refractivity (Wildman–Crippen MR) is 229 cm³/mol. The minimum atomic E-state index is 0.919. The number of nitrogens with zero attached hydrogens (tertiary/aromatic N) is 1. The van der Waals surface area contributed by atoms with Crippen molar-refractivity contribution in [2.45, 2.75) is 0 Å². The molecule has 0 N–H and O–H groups in total. The maximum atomic E-state index is 6.24. The van der Waals surface area contributed by atoms with Gasteiger partial charge in [0.05, 0.1) is 5.69 Å². The van der Waals surface area contributed by atoms with Crippen LogP contribution >= 0.6 is 0 Å². The number of benzene rings is 10. The molecule has 11 rings (SSSR count). The summed E-state index contributed by atoms with van der Waals surface area (Å²) < 4.78 is 6.24. The van der Waals surface area contributed by atoms with E-state index in [1.54, 1.807) is 0 Å². The van der Waals surface area contributed by atoms with Crippen LogP contribution in [0.4, 0.5) is 17.1 Å². The summed E-state index contributed by atoms with van der Waals surface area (Å²) in [5.74, 6) is 0. The second-order valence-corrected chi connectivity index (χ2v) is 14.1. The Bertz CT molecular complexity index is 3210. The van der Waals surface area contributed by atoms with E-state index in [0.29, 0.717) is 0 Å². The van der Waals surface area contributed by atoms with Gasteiger partial charge in [0.15, 0.2) is 0 Å². The molecule has 0 aliphatic carbocycles. The molecule has 0 unspecified atom stereocenters. The third kappa shape index (κ3) is 4.96. The lowest BCUT2D eigenvalue weighted by atomic mass is 9.96. The average molecular weight is 688 g/mol. The van der Waals surface area contributed by atoms with E-state index in [1.807, 2.05) is 12.1 Å². The Morgan fingerprint density at radius 1 is 0.278 bits per heavy atom. The van der Waals surface area contributed by atoms with Crippen molar-refractivity contribution in [3.05, 3.63) is 200 Å². The van der Waals surface area contributed by atoms with Gasteiger partial charge >= 0.3 is 0 Å². The van der Waals surface area contributed by atoms with E-state index in [1.165, 1.54) is 65.3 Å². The quantitative estimate of drug-likeness (QED) is 0.168. The Morgan fingerprint density at radius 3 is 1.70 bits per heavy atom. The largest absolute Gasteiger partial charge is 0.456 e. The standard InChI is InChI=1S/C52H33NO/c1-3-11-34(12-4-1)36-15-9-16-41(30-36)53(50-19-10-18-45-43-26-23-37(35-13-5-2-6-14-35)29-38(43)24-27-46(45)50)42-25-28-44-39(31-42)21-22-40-32-52-49(33-48(40)44)47-17-7-8-20-51(47)54-52/h1-33H. The van der Waals surface area contributed by atoms with Crippen molar-refractivity contribution >= 4 is 82.1 Å². The Hall–Kier alpha value is -7.16. The highest BCUT2D eigenvalue weighted by molar-refractivity contribution is 6.17. The third-order valence-electron chi connectivity index (χ3n) is 11.0. The SMILES string of the molecule is c1ccc(-c2cccc(N(c3ccc4c(ccc5cc6oc7ccccc7c6cc54)c3)c3cccc4c3ccc3cc(-c5ccccc5)ccc34)c2)cc1. The second-order valence-electron chi connectivity index (χ2n) is 14.1. The molecule has 0 spiro atoms. The van der Waals surface area contributed by atoms with Gasteiger partial charge in [-0.3, -0.25) is 0 Å². The molecular weight excluding hydrogens is 655 g/mol. The highest BCUT2D eigenvalue weighted by atomic mass is 16.3. The van der Waals surface area contributed by atoms with Gasteiger partial charge in [0.2, 0.25) is 0 Å². The van der Waals surface area contributed by atoms with Crippen LogP contribution in [0.5, 0.6) is 0 Å². The van der Waals surface area contributed by atoms with Crippen LogP contribution in [0.1, 0.15) is 0 Å². The van der Waals surface area contributed by atoms with Crippen molar-refractivity contribution in [3.63, 3.8) is 0 Å². The lowest BCUT2D eigenvalue weighted by Gasteiger charge is -2.28. The number of fused-ring (bicyclic) bond motifs is 9. The minimum Gasteiger partial charge on any atom is -0.456 e. The van der Waals surface area contributed by atoms with Crippen LogP contribution in [0.3, 0.4) is 0 Å². The molecule has 0 radical (unpaired) electrons. The zero-order chi connectivity index (χ0) is 35.6. The van der Waals surface area contributed by atoms with Crippen LogP contribution in [-0.4, -0.2) is 0 Å². The fourth-order valence-corrected chi connectivity index (χ4v) is 8.38. The molecule has 11 aromatic rings. The lowest BCUT2D eigenvalue weighted by molar-refractivity contribution is 0.669. The van der Waals surface area contributed by atoms with Gasteiger partial charge in [0.1, 0.15) is 11.2 Å². The first kappa shape index (κ1) is 30.5. The summed E-state index contributed by atoms with van der Waals surface area (Å²) >= 11 is 0. The van der Waals surface area contributed by atoms with Crippen molar-refractivity contribution in [1.82, 2.24) is 0 Å². The molecule has 2 nitrogen and oxygen atoms in total. The summed E-state index contributed by atoms with van der Waals surface area (Å²) in [4.78, 5) is 2.43. The molecular formula is C52H33NO. The van der Waals surface area contributed by atoms with Gasteiger partial charge in [-0.1, -0.05) is 146 Å². The smallest absolute Gasteiger partial charge is 0.136 e. The number of furan rings is 1. The Kier molecular flexibility index (Phi) is 6.90. The molecule has 10 aromatic carbocycles. The molecule has 0 aliphatic heterocycles. The molecule has 2 heteroatoms. The molecule has 0 saturated heterocycles. The Balaban J connectivity index is 1.11. The van der Waals surface area contributed by atoms with Crippen molar-refractivity contribution in [2.75, 3.05) is 4.90 Å². The molecule has 1 heterocycles. The van der Waals surface area contributed by atoms with Gasteiger partial charge < -0.3 is 9.32 Å². The van der Waals surface area contributed by atoms with E-state index in [0.717, 1.165) is 39.0 Å². The van der Waals surface area contributed by atoms with E-state index in [9.17, 15) is 0 Å². The summed E-state index contributed by atoms with van der Waals surface area (Å²) in [6.07, 6.45) is 0. The molecule has 0 amide bonds. The predicted octanol–water partition coefficient (Wildman–Crippen LogP) is 15.0. The van der Waals surface area contributed by atoms with E-state index < -0.39 is 0 Å². The number of para-hydroxylation sites is 1.